The summed E-state index contributed by atoms with van der Waals surface area (Å²) in [6.45, 7) is 0.352. The molecule has 2 aromatic carbocycles. The van der Waals surface area contributed by atoms with E-state index in [2.05, 4.69) is 21.2 Å². The highest BCUT2D eigenvalue weighted by atomic mass is 79.9. The van der Waals surface area contributed by atoms with Gasteiger partial charge >= 0.3 is 0 Å². The van der Waals surface area contributed by atoms with Gasteiger partial charge in [0.1, 0.15) is 6.04 Å². The van der Waals surface area contributed by atoms with Crippen LogP contribution in [0.15, 0.2) is 64.0 Å². The van der Waals surface area contributed by atoms with E-state index in [4.69, 9.17) is 0 Å². The molecule has 1 saturated heterocycles. The topological polar surface area (TPSA) is 66.5 Å². The lowest BCUT2D eigenvalue weighted by Crippen LogP contribution is -2.43. The molecule has 3 rings (SSSR count). The summed E-state index contributed by atoms with van der Waals surface area (Å²) in [5, 5.41) is 2.79. The second-order valence-electron chi connectivity index (χ2n) is 5.58. The highest BCUT2D eigenvalue weighted by molar-refractivity contribution is 9.10. The second kappa shape index (κ2) is 7.04. The van der Waals surface area contributed by atoms with Gasteiger partial charge in [-0.15, -0.1) is 0 Å². The Morgan fingerprint density at radius 2 is 1.75 bits per heavy atom. The third-order valence-electron chi connectivity index (χ3n) is 3.97. The number of nitrogens with one attached hydrogen (secondary N) is 1. The van der Waals surface area contributed by atoms with E-state index in [1.165, 1.54) is 4.31 Å². The van der Waals surface area contributed by atoms with E-state index < -0.39 is 16.1 Å². The molecule has 126 valence electrons. The van der Waals surface area contributed by atoms with Crippen molar-refractivity contribution in [2.75, 3.05) is 11.9 Å². The van der Waals surface area contributed by atoms with Crippen molar-refractivity contribution < 1.29 is 13.2 Å². The molecule has 0 bridgehead atoms. The number of para-hydroxylation sites is 1. The van der Waals surface area contributed by atoms with Crippen molar-refractivity contribution in [3.05, 3.63) is 59.1 Å². The number of rotatable bonds is 4. The molecule has 0 unspecified atom stereocenters. The third kappa shape index (κ3) is 3.53. The van der Waals surface area contributed by atoms with Gasteiger partial charge in [-0.25, -0.2) is 8.42 Å². The fourth-order valence-corrected chi connectivity index (χ4v) is 4.70. The molecule has 0 spiro atoms. The zero-order chi connectivity index (χ0) is 17.2. The van der Waals surface area contributed by atoms with Gasteiger partial charge in [0.2, 0.25) is 15.9 Å². The number of amides is 1. The van der Waals surface area contributed by atoms with Crippen LogP contribution in [0.3, 0.4) is 0 Å². The molecule has 1 heterocycles. The average molecular weight is 409 g/mol. The van der Waals surface area contributed by atoms with E-state index in [0.717, 1.165) is 4.47 Å². The highest BCUT2D eigenvalue weighted by Crippen LogP contribution is 2.27. The Labute approximate surface area is 149 Å². The lowest BCUT2D eigenvalue weighted by Gasteiger charge is -2.23. The maximum absolute atomic E-state index is 12.8. The first kappa shape index (κ1) is 17.1. The molecular formula is C17H17BrN2O3S. The number of anilines is 1. The smallest absolute Gasteiger partial charge is 0.243 e. The van der Waals surface area contributed by atoms with Gasteiger partial charge in [-0.2, -0.15) is 4.31 Å². The van der Waals surface area contributed by atoms with Gasteiger partial charge in [-0.05, 0) is 49.2 Å². The Morgan fingerprint density at radius 3 is 2.42 bits per heavy atom. The SMILES string of the molecule is O=C(Nc1ccccc1)[C@H]1CCCN1S(=O)(=O)c1ccc(Br)cc1. The standard InChI is InChI=1S/C17H17BrN2O3S/c18-13-8-10-15(11-9-13)24(22,23)20-12-4-7-16(20)17(21)19-14-5-2-1-3-6-14/h1-3,5-6,8-11,16H,4,7,12H2,(H,19,21)/t16-/m1/s1. The molecule has 24 heavy (non-hydrogen) atoms. The van der Waals surface area contributed by atoms with Crippen LogP contribution in [0.1, 0.15) is 12.8 Å². The summed E-state index contributed by atoms with van der Waals surface area (Å²) in [6.07, 6.45) is 1.19. The number of hydrogen-bond acceptors (Lipinski definition) is 3. The Kier molecular flexibility index (Phi) is 5.03. The van der Waals surface area contributed by atoms with Gasteiger partial charge in [0.25, 0.3) is 0 Å². The lowest BCUT2D eigenvalue weighted by atomic mass is 10.2. The van der Waals surface area contributed by atoms with Crippen LogP contribution in [0.2, 0.25) is 0 Å². The van der Waals surface area contributed by atoms with E-state index in [0.29, 0.717) is 25.1 Å². The molecular weight excluding hydrogens is 392 g/mol. The number of halogens is 1. The number of nitrogens with zero attached hydrogens (tertiary/aromatic N) is 1. The predicted molar refractivity (Wildman–Crippen MR) is 96.1 cm³/mol. The minimum Gasteiger partial charge on any atom is -0.325 e. The molecule has 0 radical (unpaired) electrons. The van der Waals surface area contributed by atoms with Gasteiger partial charge in [0.15, 0.2) is 0 Å². The minimum absolute atomic E-state index is 0.199. The van der Waals surface area contributed by atoms with Gasteiger partial charge < -0.3 is 5.32 Å². The zero-order valence-corrected chi connectivity index (χ0v) is 15.3. The maximum Gasteiger partial charge on any atom is 0.243 e. The normalized spacial score (nSPS) is 18.5. The predicted octanol–water partition coefficient (Wildman–Crippen LogP) is 3.24. The monoisotopic (exact) mass is 408 g/mol. The van der Waals surface area contributed by atoms with Gasteiger partial charge in [0, 0.05) is 16.7 Å². The molecule has 0 saturated carbocycles. The van der Waals surface area contributed by atoms with Crippen LogP contribution in [0.4, 0.5) is 5.69 Å². The van der Waals surface area contributed by atoms with E-state index in [1.807, 2.05) is 18.2 Å². The van der Waals surface area contributed by atoms with Crippen molar-refractivity contribution in [2.24, 2.45) is 0 Å². The third-order valence-corrected chi connectivity index (χ3v) is 6.42. The van der Waals surface area contributed by atoms with Crippen molar-refractivity contribution in [1.29, 1.82) is 0 Å². The van der Waals surface area contributed by atoms with Crippen molar-refractivity contribution in [3.8, 4) is 0 Å². The quantitative estimate of drug-likeness (QED) is 0.843. The van der Waals surface area contributed by atoms with E-state index in [-0.39, 0.29) is 10.8 Å². The largest absolute Gasteiger partial charge is 0.325 e. The Morgan fingerprint density at radius 1 is 1.08 bits per heavy atom. The first-order valence-corrected chi connectivity index (χ1v) is 9.85. The molecule has 5 nitrogen and oxygen atoms in total. The summed E-state index contributed by atoms with van der Waals surface area (Å²) in [4.78, 5) is 12.7. The molecule has 1 aliphatic heterocycles. The number of sulfonamides is 1. The summed E-state index contributed by atoms with van der Waals surface area (Å²) in [7, 11) is -3.69. The van der Waals surface area contributed by atoms with Crippen LogP contribution in [0.25, 0.3) is 0 Å². The molecule has 0 aliphatic carbocycles. The number of hydrogen-bond donors (Lipinski definition) is 1. The summed E-state index contributed by atoms with van der Waals surface area (Å²) in [5.74, 6) is -0.292. The number of carbonyl (C=O) groups is 1. The summed E-state index contributed by atoms with van der Waals surface area (Å²) >= 11 is 3.30. The van der Waals surface area contributed by atoms with Crippen LogP contribution in [0.5, 0.6) is 0 Å². The summed E-state index contributed by atoms with van der Waals surface area (Å²) in [6, 6.07) is 14.8. The van der Waals surface area contributed by atoms with Crippen molar-refractivity contribution in [2.45, 2.75) is 23.8 Å². The van der Waals surface area contributed by atoms with Gasteiger partial charge in [-0.3, -0.25) is 4.79 Å². The van der Waals surface area contributed by atoms with Crippen LogP contribution >= 0.6 is 15.9 Å². The highest BCUT2D eigenvalue weighted by Gasteiger charge is 2.39. The van der Waals surface area contributed by atoms with Crippen molar-refractivity contribution >= 4 is 37.5 Å². The van der Waals surface area contributed by atoms with Crippen molar-refractivity contribution in [1.82, 2.24) is 4.31 Å². The number of benzene rings is 2. The van der Waals surface area contributed by atoms with Crippen LogP contribution < -0.4 is 5.32 Å². The Bertz CT molecular complexity index is 823. The Hall–Kier alpha value is -1.70. The van der Waals surface area contributed by atoms with Crippen LogP contribution in [-0.2, 0) is 14.8 Å². The second-order valence-corrected chi connectivity index (χ2v) is 8.39. The van der Waals surface area contributed by atoms with E-state index in [9.17, 15) is 13.2 Å². The summed E-state index contributed by atoms with van der Waals surface area (Å²) < 4.78 is 27.8. The molecule has 1 N–H and O–H groups in total. The lowest BCUT2D eigenvalue weighted by molar-refractivity contribution is -0.119. The first-order valence-electron chi connectivity index (χ1n) is 7.62. The van der Waals surface area contributed by atoms with Gasteiger partial charge in [0.05, 0.1) is 4.90 Å². The van der Waals surface area contributed by atoms with Crippen molar-refractivity contribution in [3.63, 3.8) is 0 Å². The Balaban J connectivity index is 1.82. The number of carbonyl (C=O) groups excluding carboxylic acids is 1. The molecule has 2 aromatic rings. The molecule has 0 aromatic heterocycles. The zero-order valence-electron chi connectivity index (χ0n) is 12.9. The first-order chi connectivity index (χ1) is 11.5. The maximum atomic E-state index is 12.8. The fourth-order valence-electron chi connectivity index (χ4n) is 2.78. The fraction of sp³-hybridized carbons (Fsp3) is 0.235. The van der Waals surface area contributed by atoms with Gasteiger partial charge in [-0.1, -0.05) is 34.1 Å². The molecule has 1 atom stereocenters. The molecule has 1 aliphatic rings. The summed E-state index contributed by atoms with van der Waals surface area (Å²) in [5.41, 5.74) is 0.662. The molecule has 1 amide bonds. The molecule has 1 fully saturated rings. The van der Waals surface area contributed by atoms with E-state index >= 15 is 0 Å². The van der Waals surface area contributed by atoms with E-state index in [1.54, 1.807) is 36.4 Å². The minimum atomic E-state index is -3.69. The van der Waals surface area contributed by atoms with Crippen LogP contribution in [-0.4, -0.2) is 31.2 Å². The molecule has 7 heteroatoms. The van der Waals surface area contributed by atoms with Crippen LogP contribution in [0, 0.1) is 0 Å². The average Bonchev–Trinajstić information content (AvgIpc) is 3.07.